The molecule has 0 N–H and O–H groups in total. The summed E-state index contributed by atoms with van der Waals surface area (Å²) in [5, 5.41) is 10.8. The maximum Gasteiger partial charge on any atom is 0.269 e. The van der Waals surface area contributed by atoms with E-state index in [1.807, 2.05) is 38.1 Å². The molecule has 0 aliphatic rings. The van der Waals surface area contributed by atoms with E-state index >= 15 is 0 Å². The highest BCUT2D eigenvalue weighted by atomic mass is 79.9. The van der Waals surface area contributed by atoms with E-state index < -0.39 is 4.92 Å². The molecule has 0 bridgehead atoms. The van der Waals surface area contributed by atoms with Gasteiger partial charge in [0.05, 0.1) is 22.2 Å². The van der Waals surface area contributed by atoms with Crippen LogP contribution in [0, 0.1) is 24.0 Å². The van der Waals surface area contributed by atoms with E-state index in [0.717, 1.165) is 32.4 Å². The summed E-state index contributed by atoms with van der Waals surface area (Å²) in [6.45, 7) is 4.32. The third-order valence-electron chi connectivity index (χ3n) is 4.50. The average molecular weight is 469 g/mol. The Bertz CT molecular complexity index is 1100. The molecule has 0 unspecified atom stereocenters. The van der Waals surface area contributed by atoms with Gasteiger partial charge in [-0.1, -0.05) is 12.1 Å². The van der Waals surface area contributed by atoms with Crippen molar-refractivity contribution in [3.63, 3.8) is 0 Å². The lowest BCUT2D eigenvalue weighted by Gasteiger charge is -2.13. The molecule has 30 heavy (non-hydrogen) atoms. The van der Waals surface area contributed by atoms with Crippen LogP contribution in [0.15, 0.2) is 64.1 Å². The number of nitro benzene ring substituents is 1. The first-order valence-corrected chi connectivity index (χ1v) is 10.0. The lowest BCUT2D eigenvalue weighted by molar-refractivity contribution is -0.384. The van der Waals surface area contributed by atoms with Crippen molar-refractivity contribution in [3.8, 4) is 11.5 Å². The van der Waals surface area contributed by atoms with Crippen molar-refractivity contribution in [1.82, 2.24) is 0 Å². The smallest absolute Gasteiger partial charge is 0.269 e. The molecule has 3 aromatic carbocycles. The number of methoxy groups -OCH3 is 1. The van der Waals surface area contributed by atoms with Crippen molar-refractivity contribution >= 4 is 33.5 Å². The van der Waals surface area contributed by atoms with Gasteiger partial charge in [0.15, 0.2) is 11.5 Å². The second-order valence-corrected chi connectivity index (χ2v) is 7.65. The number of non-ortho nitro benzene ring substituents is 1. The first-order chi connectivity index (χ1) is 14.4. The van der Waals surface area contributed by atoms with Gasteiger partial charge in [-0.25, -0.2) is 0 Å². The van der Waals surface area contributed by atoms with Gasteiger partial charge >= 0.3 is 0 Å². The number of benzene rings is 3. The van der Waals surface area contributed by atoms with Gasteiger partial charge in [0, 0.05) is 18.3 Å². The van der Waals surface area contributed by atoms with E-state index in [1.54, 1.807) is 25.5 Å². The molecule has 0 saturated carbocycles. The molecule has 0 aromatic heterocycles. The van der Waals surface area contributed by atoms with Crippen LogP contribution in [0.1, 0.15) is 22.3 Å². The molecule has 0 fully saturated rings. The fraction of sp³-hybridized carbons (Fsp3) is 0.174. The van der Waals surface area contributed by atoms with E-state index in [-0.39, 0.29) is 12.3 Å². The Morgan fingerprint density at radius 2 is 1.83 bits per heavy atom. The van der Waals surface area contributed by atoms with Crippen LogP contribution in [0.4, 0.5) is 11.4 Å². The molecule has 0 aliphatic heterocycles. The molecule has 0 aliphatic carbocycles. The largest absolute Gasteiger partial charge is 0.493 e. The van der Waals surface area contributed by atoms with Crippen LogP contribution in [0.2, 0.25) is 0 Å². The highest BCUT2D eigenvalue weighted by Gasteiger charge is 2.12. The molecular weight excluding hydrogens is 448 g/mol. The first kappa shape index (κ1) is 21.5. The van der Waals surface area contributed by atoms with Crippen LogP contribution in [-0.2, 0) is 6.61 Å². The Labute approximate surface area is 183 Å². The van der Waals surface area contributed by atoms with Crippen LogP contribution in [-0.4, -0.2) is 18.2 Å². The Morgan fingerprint density at radius 3 is 2.50 bits per heavy atom. The molecule has 3 rings (SSSR count). The van der Waals surface area contributed by atoms with Crippen molar-refractivity contribution in [2.45, 2.75) is 20.5 Å². The molecule has 0 spiro atoms. The molecule has 0 radical (unpaired) electrons. The zero-order chi connectivity index (χ0) is 21.7. The van der Waals surface area contributed by atoms with Crippen molar-refractivity contribution in [2.24, 2.45) is 4.99 Å². The maximum atomic E-state index is 10.8. The van der Waals surface area contributed by atoms with Crippen LogP contribution < -0.4 is 9.47 Å². The topological polar surface area (TPSA) is 74.0 Å². The van der Waals surface area contributed by atoms with Gasteiger partial charge in [0.25, 0.3) is 5.69 Å². The number of aryl methyl sites for hydroxylation is 2. The quantitative estimate of drug-likeness (QED) is 0.231. The summed E-state index contributed by atoms with van der Waals surface area (Å²) in [7, 11) is 1.58. The Kier molecular flexibility index (Phi) is 6.84. The Balaban J connectivity index is 1.79. The van der Waals surface area contributed by atoms with Gasteiger partial charge < -0.3 is 9.47 Å². The van der Waals surface area contributed by atoms with Crippen LogP contribution >= 0.6 is 15.9 Å². The van der Waals surface area contributed by atoms with Gasteiger partial charge in [-0.3, -0.25) is 15.1 Å². The highest BCUT2D eigenvalue weighted by Crippen LogP contribution is 2.37. The average Bonchev–Trinajstić information content (AvgIpc) is 2.73. The number of nitro groups is 1. The van der Waals surface area contributed by atoms with Crippen molar-refractivity contribution in [2.75, 3.05) is 7.11 Å². The molecular formula is C23H21BrN2O4. The summed E-state index contributed by atoms with van der Waals surface area (Å²) in [6, 6.07) is 16.2. The van der Waals surface area contributed by atoms with Gasteiger partial charge in [0.1, 0.15) is 6.61 Å². The fourth-order valence-corrected chi connectivity index (χ4v) is 3.40. The number of halogens is 1. The molecule has 6 nitrogen and oxygen atoms in total. The zero-order valence-electron chi connectivity index (χ0n) is 16.9. The number of nitrogens with zero attached hydrogens (tertiary/aromatic N) is 2. The van der Waals surface area contributed by atoms with Crippen LogP contribution in [0.3, 0.4) is 0 Å². The lowest BCUT2D eigenvalue weighted by Crippen LogP contribution is -2.00. The number of aliphatic imine (C=N–C) groups is 1. The Hall–Kier alpha value is -3.19. The van der Waals surface area contributed by atoms with E-state index in [1.165, 1.54) is 12.1 Å². The number of hydrogen-bond donors (Lipinski definition) is 0. The molecule has 154 valence electrons. The minimum absolute atomic E-state index is 0.0463. The normalized spacial score (nSPS) is 10.9. The minimum Gasteiger partial charge on any atom is -0.493 e. The van der Waals surface area contributed by atoms with E-state index in [2.05, 4.69) is 27.0 Å². The number of ether oxygens (including phenoxy) is 2. The SMILES string of the molecule is COc1cc(C=Nc2cc(C)ccc2C)cc(Br)c1OCc1ccc([N+](=O)[O-])cc1. The third-order valence-corrected chi connectivity index (χ3v) is 5.09. The molecule has 7 heteroatoms. The first-order valence-electron chi connectivity index (χ1n) is 9.22. The second-order valence-electron chi connectivity index (χ2n) is 6.79. The molecule has 0 saturated heterocycles. The monoisotopic (exact) mass is 468 g/mol. The molecule has 3 aromatic rings. The van der Waals surface area contributed by atoms with E-state index in [4.69, 9.17) is 9.47 Å². The Morgan fingerprint density at radius 1 is 1.10 bits per heavy atom. The zero-order valence-corrected chi connectivity index (χ0v) is 18.5. The van der Waals surface area contributed by atoms with Gasteiger partial charge in [-0.05, 0) is 82.4 Å². The standard InChI is InChI=1S/C23H21BrN2O4/c1-15-4-5-16(2)21(10-15)25-13-18-11-20(24)23(22(12-18)29-3)30-14-17-6-8-19(9-7-17)26(27)28/h4-13H,14H2,1-3H3. The summed E-state index contributed by atoms with van der Waals surface area (Å²) >= 11 is 3.54. The van der Waals surface area contributed by atoms with E-state index in [9.17, 15) is 10.1 Å². The van der Waals surface area contributed by atoms with Crippen LogP contribution in [0.5, 0.6) is 11.5 Å². The van der Waals surface area contributed by atoms with Gasteiger partial charge in [-0.15, -0.1) is 0 Å². The summed E-state index contributed by atoms with van der Waals surface area (Å²) in [4.78, 5) is 14.9. The highest BCUT2D eigenvalue weighted by molar-refractivity contribution is 9.10. The summed E-state index contributed by atoms with van der Waals surface area (Å²) in [5.41, 5.74) is 4.90. The maximum absolute atomic E-state index is 10.8. The second kappa shape index (κ2) is 9.54. The fourth-order valence-electron chi connectivity index (χ4n) is 2.83. The number of hydrogen-bond acceptors (Lipinski definition) is 5. The number of rotatable bonds is 7. The lowest BCUT2D eigenvalue weighted by atomic mass is 10.1. The van der Waals surface area contributed by atoms with Crippen molar-refractivity contribution < 1.29 is 14.4 Å². The predicted molar refractivity (Wildman–Crippen MR) is 121 cm³/mol. The summed E-state index contributed by atoms with van der Waals surface area (Å²) in [5.74, 6) is 1.12. The van der Waals surface area contributed by atoms with Crippen molar-refractivity contribution in [3.05, 3.63) is 91.4 Å². The van der Waals surface area contributed by atoms with Gasteiger partial charge in [-0.2, -0.15) is 0 Å². The minimum atomic E-state index is -0.428. The van der Waals surface area contributed by atoms with Gasteiger partial charge in [0.2, 0.25) is 0 Å². The molecule has 0 amide bonds. The molecule has 0 heterocycles. The van der Waals surface area contributed by atoms with Crippen molar-refractivity contribution in [1.29, 1.82) is 0 Å². The molecule has 0 atom stereocenters. The third kappa shape index (κ3) is 5.24. The summed E-state index contributed by atoms with van der Waals surface area (Å²) < 4.78 is 12.1. The summed E-state index contributed by atoms with van der Waals surface area (Å²) in [6.07, 6.45) is 1.79. The van der Waals surface area contributed by atoms with Crippen LogP contribution in [0.25, 0.3) is 0 Å². The van der Waals surface area contributed by atoms with E-state index in [0.29, 0.717) is 11.5 Å². The predicted octanol–water partition coefficient (Wildman–Crippen LogP) is 6.31.